The summed E-state index contributed by atoms with van der Waals surface area (Å²) in [5.74, 6) is -0.0379. The summed E-state index contributed by atoms with van der Waals surface area (Å²) in [6, 6.07) is 0.255. The molecule has 1 saturated heterocycles. The van der Waals surface area contributed by atoms with Gasteiger partial charge in [-0.1, -0.05) is 0 Å². The molecular weight excluding hydrogens is 294 g/mol. The van der Waals surface area contributed by atoms with Crippen LogP contribution in [-0.4, -0.2) is 66.9 Å². The molecule has 0 saturated carbocycles. The number of carbonyl (C=O) groups excluding carboxylic acids is 1. The van der Waals surface area contributed by atoms with E-state index in [1.165, 1.54) is 0 Å². The highest BCUT2D eigenvalue weighted by molar-refractivity contribution is 5.94. The topological polar surface area (TPSA) is 82.3 Å². The molecule has 3 rings (SSSR count). The second-order valence-electron chi connectivity index (χ2n) is 6.39. The number of rotatable bonds is 6. The van der Waals surface area contributed by atoms with Gasteiger partial charge in [-0.2, -0.15) is 5.10 Å². The van der Waals surface area contributed by atoms with Gasteiger partial charge in [0.2, 0.25) is 0 Å². The Morgan fingerprint density at radius 1 is 1.43 bits per heavy atom. The second-order valence-corrected chi connectivity index (χ2v) is 6.39. The molecular formula is C16H27N5O2. The fourth-order valence-electron chi connectivity index (χ4n) is 3.40. The number of nitrogens with zero attached hydrogens (tertiary/aromatic N) is 2. The molecule has 23 heavy (non-hydrogen) atoms. The number of hydrogen-bond donors (Lipinski definition) is 3. The maximum atomic E-state index is 12.5. The highest BCUT2D eigenvalue weighted by atomic mass is 16.5. The second kappa shape index (κ2) is 7.90. The minimum Gasteiger partial charge on any atom is -0.385 e. The Bertz CT molecular complexity index is 523. The van der Waals surface area contributed by atoms with Crippen LogP contribution in [0.15, 0.2) is 0 Å². The van der Waals surface area contributed by atoms with E-state index in [1.54, 1.807) is 7.11 Å². The van der Waals surface area contributed by atoms with E-state index in [4.69, 9.17) is 4.74 Å². The Balaban J connectivity index is 1.47. The van der Waals surface area contributed by atoms with Crippen LogP contribution in [0.4, 0.5) is 0 Å². The smallest absolute Gasteiger partial charge is 0.272 e. The van der Waals surface area contributed by atoms with Crippen LogP contribution in [0.3, 0.4) is 0 Å². The van der Waals surface area contributed by atoms with E-state index in [0.29, 0.717) is 5.69 Å². The number of fused-ring (bicyclic) bond motifs is 1. The van der Waals surface area contributed by atoms with Crippen molar-refractivity contribution in [3.8, 4) is 0 Å². The number of hydrogen-bond acceptors (Lipinski definition) is 5. The van der Waals surface area contributed by atoms with Crippen molar-refractivity contribution in [2.75, 3.05) is 39.9 Å². The summed E-state index contributed by atoms with van der Waals surface area (Å²) in [5.41, 5.74) is 2.70. The van der Waals surface area contributed by atoms with Crippen molar-refractivity contribution >= 4 is 5.91 Å². The Kier molecular flexibility index (Phi) is 5.64. The normalized spacial score (nSPS) is 19.5. The average molecular weight is 321 g/mol. The lowest BCUT2D eigenvalue weighted by Gasteiger charge is -2.32. The fraction of sp³-hybridized carbons (Fsp3) is 0.750. The lowest BCUT2D eigenvalue weighted by atomic mass is 10.0. The number of amides is 1. The van der Waals surface area contributed by atoms with Gasteiger partial charge in [0.05, 0.1) is 0 Å². The summed E-state index contributed by atoms with van der Waals surface area (Å²) in [5, 5.41) is 13.7. The van der Waals surface area contributed by atoms with E-state index in [1.807, 2.05) is 0 Å². The Hall–Kier alpha value is -1.44. The maximum absolute atomic E-state index is 12.5. The van der Waals surface area contributed by atoms with Crippen molar-refractivity contribution in [1.29, 1.82) is 0 Å². The summed E-state index contributed by atoms with van der Waals surface area (Å²) >= 11 is 0. The van der Waals surface area contributed by atoms with E-state index in [2.05, 4.69) is 25.7 Å². The zero-order valence-electron chi connectivity index (χ0n) is 13.9. The molecule has 1 aromatic rings. The summed E-state index contributed by atoms with van der Waals surface area (Å²) in [6.07, 6.45) is 3.99. The molecule has 0 aliphatic carbocycles. The molecule has 128 valence electrons. The first-order valence-corrected chi connectivity index (χ1v) is 8.57. The molecule has 0 aromatic carbocycles. The third-order valence-corrected chi connectivity index (χ3v) is 4.77. The van der Waals surface area contributed by atoms with Gasteiger partial charge in [0.25, 0.3) is 5.91 Å². The predicted octanol–water partition coefficient (Wildman–Crippen LogP) is 0.286. The number of likely N-dealkylation sites (tertiary alicyclic amines) is 1. The van der Waals surface area contributed by atoms with Crippen molar-refractivity contribution in [2.45, 2.75) is 38.3 Å². The molecule has 1 amide bonds. The van der Waals surface area contributed by atoms with Gasteiger partial charge in [-0.25, -0.2) is 0 Å². The van der Waals surface area contributed by atoms with Crippen LogP contribution in [0, 0.1) is 0 Å². The molecule has 1 fully saturated rings. The SMILES string of the molecule is COCCCN1CCC(NC(=O)c2n[nH]c3c2CNCC3)CC1. The molecule has 0 spiro atoms. The van der Waals surface area contributed by atoms with Crippen molar-refractivity contribution in [2.24, 2.45) is 0 Å². The van der Waals surface area contributed by atoms with Crippen LogP contribution >= 0.6 is 0 Å². The summed E-state index contributed by atoms with van der Waals surface area (Å²) in [6.45, 7) is 5.64. The van der Waals surface area contributed by atoms with E-state index in [9.17, 15) is 4.79 Å². The standard InChI is InChI=1S/C16H27N5O2/c1-23-10-2-7-21-8-4-12(5-9-21)18-16(22)15-13-11-17-6-3-14(13)19-20-15/h12,17H,2-11H2,1H3,(H,18,22)(H,19,20). The number of carbonyl (C=O) groups is 1. The van der Waals surface area contributed by atoms with Gasteiger partial charge < -0.3 is 20.3 Å². The Morgan fingerprint density at radius 2 is 2.26 bits per heavy atom. The van der Waals surface area contributed by atoms with E-state index in [0.717, 1.165) is 76.3 Å². The average Bonchev–Trinajstić information content (AvgIpc) is 3.01. The molecule has 7 heteroatoms. The van der Waals surface area contributed by atoms with Crippen LogP contribution in [-0.2, 0) is 17.7 Å². The molecule has 1 aromatic heterocycles. The quantitative estimate of drug-likeness (QED) is 0.656. The third kappa shape index (κ3) is 4.10. The van der Waals surface area contributed by atoms with Crippen LogP contribution in [0.2, 0.25) is 0 Å². The zero-order valence-corrected chi connectivity index (χ0v) is 13.9. The number of ether oxygens (including phenoxy) is 1. The number of H-pyrrole nitrogens is 1. The predicted molar refractivity (Wildman–Crippen MR) is 87.4 cm³/mol. The van der Waals surface area contributed by atoms with Crippen LogP contribution < -0.4 is 10.6 Å². The molecule has 2 aliphatic heterocycles. The van der Waals surface area contributed by atoms with E-state index in [-0.39, 0.29) is 11.9 Å². The van der Waals surface area contributed by atoms with Crippen LogP contribution in [0.5, 0.6) is 0 Å². The number of methoxy groups -OCH3 is 1. The van der Waals surface area contributed by atoms with Gasteiger partial charge >= 0.3 is 0 Å². The number of piperidine rings is 1. The van der Waals surface area contributed by atoms with Crippen LogP contribution in [0.1, 0.15) is 41.0 Å². The first-order valence-electron chi connectivity index (χ1n) is 8.57. The largest absolute Gasteiger partial charge is 0.385 e. The van der Waals surface area contributed by atoms with Gasteiger partial charge in [-0.15, -0.1) is 0 Å². The van der Waals surface area contributed by atoms with Crippen molar-refractivity contribution < 1.29 is 9.53 Å². The van der Waals surface area contributed by atoms with Crippen LogP contribution in [0.25, 0.3) is 0 Å². The first kappa shape index (κ1) is 16.4. The van der Waals surface area contributed by atoms with Gasteiger partial charge in [-0.05, 0) is 19.3 Å². The maximum Gasteiger partial charge on any atom is 0.272 e. The van der Waals surface area contributed by atoms with Gasteiger partial charge in [0.15, 0.2) is 5.69 Å². The fourth-order valence-corrected chi connectivity index (χ4v) is 3.40. The zero-order chi connectivity index (χ0) is 16.1. The molecule has 3 heterocycles. The van der Waals surface area contributed by atoms with Gasteiger partial charge in [0, 0.05) is 70.2 Å². The Labute approximate surface area is 137 Å². The van der Waals surface area contributed by atoms with E-state index >= 15 is 0 Å². The highest BCUT2D eigenvalue weighted by Crippen LogP contribution is 2.16. The van der Waals surface area contributed by atoms with E-state index < -0.39 is 0 Å². The number of nitrogens with one attached hydrogen (secondary N) is 3. The summed E-state index contributed by atoms with van der Waals surface area (Å²) in [4.78, 5) is 14.9. The van der Waals surface area contributed by atoms with Gasteiger partial charge in [0.1, 0.15) is 0 Å². The minimum atomic E-state index is -0.0379. The minimum absolute atomic E-state index is 0.0379. The van der Waals surface area contributed by atoms with Gasteiger partial charge in [-0.3, -0.25) is 9.89 Å². The molecule has 0 atom stereocenters. The molecule has 0 bridgehead atoms. The number of aromatic nitrogens is 2. The molecule has 3 N–H and O–H groups in total. The molecule has 2 aliphatic rings. The molecule has 7 nitrogen and oxygen atoms in total. The number of aromatic amines is 1. The van der Waals surface area contributed by atoms with Crippen molar-refractivity contribution in [1.82, 2.24) is 25.7 Å². The first-order chi connectivity index (χ1) is 11.3. The summed E-state index contributed by atoms with van der Waals surface area (Å²) in [7, 11) is 1.74. The van der Waals surface area contributed by atoms with Crippen molar-refractivity contribution in [3.63, 3.8) is 0 Å². The molecule has 0 unspecified atom stereocenters. The Morgan fingerprint density at radius 3 is 3.04 bits per heavy atom. The van der Waals surface area contributed by atoms with Crippen molar-refractivity contribution in [3.05, 3.63) is 17.0 Å². The lowest BCUT2D eigenvalue weighted by molar-refractivity contribution is 0.0901. The third-order valence-electron chi connectivity index (χ3n) is 4.77. The molecule has 0 radical (unpaired) electrons. The monoisotopic (exact) mass is 321 g/mol. The lowest BCUT2D eigenvalue weighted by Crippen LogP contribution is -2.45. The highest BCUT2D eigenvalue weighted by Gasteiger charge is 2.25. The summed E-state index contributed by atoms with van der Waals surface area (Å²) < 4.78 is 5.09.